The average molecular weight is 292 g/mol. The summed E-state index contributed by atoms with van der Waals surface area (Å²) < 4.78 is 0. The minimum Gasteiger partial charge on any atom is -0.481 e. The fraction of sp³-hybridized carbons (Fsp3) is 0.467. The summed E-state index contributed by atoms with van der Waals surface area (Å²) in [6.07, 6.45) is 0.336. The van der Waals surface area contributed by atoms with Crippen LogP contribution in [0.2, 0.25) is 0 Å². The number of aliphatic hydroxyl groups excluding tert-OH is 1. The van der Waals surface area contributed by atoms with E-state index in [1.54, 1.807) is 11.9 Å². The van der Waals surface area contributed by atoms with Gasteiger partial charge in [0.25, 0.3) is 0 Å². The Morgan fingerprint density at radius 2 is 2.19 bits per heavy atom. The number of hydrogen-bond donors (Lipinski definition) is 3. The van der Waals surface area contributed by atoms with E-state index in [0.29, 0.717) is 25.9 Å². The maximum atomic E-state index is 11.6. The summed E-state index contributed by atoms with van der Waals surface area (Å²) >= 11 is 0. The Morgan fingerprint density at radius 3 is 2.90 bits per heavy atom. The Morgan fingerprint density at radius 1 is 1.43 bits per heavy atom. The first-order valence-electron chi connectivity index (χ1n) is 6.99. The molecule has 6 nitrogen and oxygen atoms in total. The van der Waals surface area contributed by atoms with E-state index in [2.05, 4.69) is 5.32 Å². The predicted molar refractivity (Wildman–Crippen MR) is 78.3 cm³/mol. The largest absolute Gasteiger partial charge is 0.481 e. The van der Waals surface area contributed by atoms with Crippen LogP contribution in [0.15, 0.2) is 18.2 Å². The van der Waals surface area contributed by atoms with Crippen LogP contribution in [-0.2, 0) is 16.0 Å². The second-order valence-corrected chi connectivity index (χ2v) is 5.22. The number of nitrogens with one attached hydrogen (secondary N) is 1. The van der Waals surface area contributed by atoms with Crippen molar-refractivity contribution in [1.29, 1.82) is 0 Å². The number of benzene rings is 1. The monoisotopic (exact) mass is 292 g/mol. The van der Waals surface area contributed by atoms with Gasteiger partial charge in [-0.3, -0.25) is 9.59 Å². The van der Waals surface area contributed by atoms with E-state index in [0.717, 1.165) is 16.8 Å². The molecule has 114 valence electrons. The van der Waals surface area contributed by atoms with E-state index >= 15 is 0 Å². The number of carbonyl (C=O) groups excluding carboxylic acids is 1. The highest BCUT2D eigenvalue weighted by molar-refractivity contribution is 6.00. The van der Waals surface area contributed by atoms with Crippen LogP contribution in [0.1, 0.15) is 30.1 Å². The maximum Gasteiger partial charge on any atom is 0.304 e. The SMILES string of the molecule is CN1C(=O)Cc2cc(C(O)CCNCCC(=O)O)ccc21. The molecular formula is C15H20N2O4. The Hall–Kier alpha value is -1.92. The lowest BCUT2D eigenvalue weighted by Gasteiger charge is -2.14. The lowest BCUT2D eigenvalue weighted by atomic mass is 10.0. The number of anilines is 1. The summed E-state index contributed by atoms with van der Waals surface area (Å²) in [7, 11) is 1.75. The fourth-order valence-corrected chi connectivity index (χ4v) is 2.42. The molecule has 0 radical (unpaired) electrons. The van der Waals surface area contributed by atoms with Crippen molar-refractivity contribution >= 4 is 17.6 Å². The standard InChI is InChI=1S/C15H20N2O4/c1-17-12-3-2-10(8-11(12)9-14(17)19)13(18)4-6-16-7-5-15(20)21/h2-3,8,13,16,18H,4-7,9H2,1H3,(H,20,21). The third-order valence-electron chi connectivity index (χ3n) is 3.68. The molecule has 3 N–H and O–H groups in total. The van der Waals surface area contributed by atoms with E-state index < -0.39 is 12.1 Å². The number of carboxylic acid groups (broad SMARTS) is 1. The molecule has 0 bridgehead atoms. The topological polar surface area (TPSA) is 89.9 Å². The van der Waals surface area contributed by atoms with Crippen LogP contribution in [-0.4, -0.2) is 42.2 Å². The number of hydrogen-bond acceptors (Lipinski definition) is 4. The van der Waals surface area contributed by atoms with Crippen LogP contribution >= 0.6 is 0 Å². The maximum absolute atomic E-state index is 11.6. The van der Waals surface area contributed by atoms with Gasteiger partial charge in [-0.15, -0.1) is 0 Å². The number of fused-ring (bicyclic) bond motifs is 1. The van der Waals surface area contributed by atoms with Gasteiger partial charge in [0, 0.05) is 19.3 Å². The summed E-state index contributed by atoms with van der Waals surface area (Å²) in [6, 6.07) is 5.56. The van der Waals surface area contributed by atoms with Gasteiger partial charge in [0.2, 0.25) is 5.91 Å². The summed E-state index contributed by atoms with van der Waals surface area (Å²) in [5, 5.41) is 21.6. The zero-order valence-corrected chi connectivity index (χ0v) is 12.0. The van der Waals surface area contributed by atoms with Gasteiger partial charge in [-0.25, -0.2) is 0 Å². The Kier molecular flexibility index (Phi) is 4.93. The van der Waals surface area contributed by atoms with Gasteiger partial charge < -0.3 is 20.4 Å². The van der Waals surface area contributed by atoms with Crippen molar-refractivity contribution in [1.82, 2.24) is 5.32 Å². The van der Waals surface area contributed by atoms with Gasteiger partial charge in [0.15, 0.2) is 0 Å². The van der Waals surface area contributed by atoms with E-state index in [-0.39, 0.29) is 12.3 Å². The predicted octanol–water partition coefficient (Wildman–Crippen LogP) is 0.693. The number of aliphatic carboxylic acids is 1. The zero-order valence-electron chi connectivity index (χ0n) is 12.0. The molecule has 1 aromatic carbocycles. The summed E-state index contributed by atoms with van der Waals surface area (Å²) in [4.78, 5) is 23.6. The van der Waals surface area contributed by atoms with Crippen LogP contribution in [0.4, 0.5) is 5.69 Å². The Bertz CT molecular complexity index is 544. The molecule has 1 unspecified atom stereocenters. The third kappa shape index (κ3) is 3.80. The molecule has 0 fully saturated rings. The summed E-state index contributed by atoms with van der Waals surface area (Å²) in [6.45, 7) is 0.940. The van der Waals surface area contributed by atoms with Crippen molar-refractivity contribution in [3.05, 3.63) is 29.3 Å². The first-order valence-corrected chi connectivity index (χ1v) is 6.99. The summed E-state index contributed by atoms with van der Waals surface area (Å²) in [5.41, 5.74) is 2.63. The highest BCUT2D eigenvalue weighted by Crippen LogP contribution is 2.30. The highest BCUT2D eigenvalue weighted by Gasteiger charge is 2.24. The van der Waals surface area contributed by atoms with Crippen molar-refractivity contribution in [2.45, 2.75) is 25.4 Å². The van der Waals surface area contributed by atoms with Gasteiger partial charge in [-0.1, -0.05) is 12.1 Å². The quantitative estimate of drug-likeness (QED) is 0.643. The Balaban J connectivity index is 1.86. The van der Waals surface area contributed by atoms with Gasteiger partial charge >= 0.3 is 5.97 Å². The second-order valence-electron chi connectivity index (χ2n) is 5.22. The fourth-order valence-electron chi connectivity index (χ4n) is 2.42. The van der Waals surface area contributed by atoms with Crippen LogP contribution in [0.25, 0.3) is 0 Å². The average Bonchev–Trinajstić information content (AvgIpc) is 2.72. The third-order valence-corrected chi connectivity index (χ3v) is 3.68. The molecule has 2 rings (SSSR count). The lowest BCUT2D eigenvalue weighted by Crippen LogP contribution is -2.21. The normalized spacial score (nSPS) is 15.1. The van der Waals surface area contributed by atoms with Crippen molar-refractivity contribution in [3.63, 3.8) is 0 Å². The molecule has 1 aromatic rings. The van der Waals surface area contributed by atoms with Crippen LogP contribution in [0, 0.1) is 0 Å². The minimum atomic E-state index is -0.838. The molecular weight excluding hydrogens is 272 g/mol. The zero-order chi connectivity index (χ0) is 15.4. The van der Waals surface area contributed by atoms with E-state index in [9.17, 15) is 14.7 Å². The summed E-state index contributed by atoms with van der Waals surface area (Å²) in [5.74, 6) is -0.776. The Labute approximate surface area is 123 Å². The number of carbonyl (C=O) groups is 2. The molecule has 1 aliphatic rings. The molecule has 1 heterocycles. The smallest absolute Gasteiger partial charge is 0.304 e. The van der Waals surface area contributed by atoms with Crippen molar-refractivity contribution in [3.8, 4) is 0 Å². The van der Waals surface area contributed by atoms with Gasteiger partial charge in [0.05, 0.1) is 18.9 Å². The van der Waals surface area contributed by atoms with Gasteiger partial charge in [-0.05, 0) is 30.2 Å². The van der Waals surface area contributed by atoms with E-state index in [1.807, 2.05) is 18.2 Å². The molecule has 0 aromatic heterocycles. The van der Waals surface area contributed by atoms with Crippen molar-refractivity contribution in [2.75, 3.05) is 25.0 Å². The number of likely N-dealkylation sites (N-methyl/N-ethyl adjacent to an activating group) is 1. The molecule has 1 amide bonds. The molecule has 6 heteroatoms. The number of aliphatic hydroxyl groups is 1. The first-order chi connectivity index (χ1) is 9.99. The first kappa shape index (κ1) is 15.5. The van der Waals surface area contributed by atoms with Crippen LogP contribution in [0.5, 0.6) is 0 Å². The highest BCUT2D eigenvalue weighted by atomic mass is 16.4. The molecule has 0 aliphatic carbocycles. The molecule has 0 spiro atoms. The molecule has 0 saturated heterocycles. The van der Waals surface area contributed by atoms with Crippen molar-refractivity contribution < 1.29 is 19.8 Å². The van der Waals surface area contributed by atoms with E-state index in [1.165, 1.54) is 0 Å². The van der Waals surface area contributed by atoms with Crippen LogP contribution in [0.3, 0.4) is 0 Å². The lowest BCUT2D eigenvalue weighted by molar-refractivity contribution is -0.136. The number of carboxylic acids is 1. The van der Waals surface area contributed by atoms with Gasteiger partial charge in [-0.2, -0.15) is 0 Å². The second kappa shape index (κ2) is 6.69. The number of nitrogens with zero attached hydrogens (tertiary/aromatic N) is 1. The van der Waals surface area contributed by atoms with Gasteiger partial charge in [0.1, 0.15) is 0 Å². The number of rotatable bonds is 7. The molecule has 0 saturated carbocycles. The minimum absolute atomic E-state index is 0.0620. The number of amides is 1. The van der Waals surface area contributed by atoms with E-state index in [4.69, 9.17) is 5.11 Å². The van der Waals surface area contributed by atoms with Crippen molar-refractivity contribution in [2.24, 2.45) is 0 Å². The molecule has 1 atom stereocenters. The molecule has 21 heavy (non-hydrogen) atoms. The molecule has 1 aliphatic heterocycles. The van der Waals surface area contributed by atoms with Crippen LogP contribution < -0.4 is 10.2 Å².